The first-order valence-electron chi connectivity index (χ1n) is 6.32. The van der Waals surface area contributed by atoms with Crippen LogP contribution in [0.3, 0.4) is 0 Å². The minimum atomic E-state index is -1.11. The number of imidazole rings is 1. The Morgan fingerprint density at radius 3 is 2.57 bits per heavy atom. The van der Waals surface area contributed by atoms with Gasteiger partial charge < -0.3 is 9.67 Å². The Bertz CT molecular complexity index is 919. The molecule has 118 valence electrons. The molecule has 12 heteroatoms. The van der Waals surface area contributed by atoms with Crippen LogP contribution in [-0.4, -0.2) is 56.7 Å². The van der Waals surface area contributed by atoms with Crippen LogP contribution in [0.5, 0.6) is 0 Å². The first-order chi connectivity index (χ1) is 11.2. The topological polar surface area (TPSA) is 179 Å². The summed E-state index contributed by atoms with van der Waals surface area (Å²) in [5, 5.41) is 34.1. The number of hydrogen-bond acceptors (Lipinski definition) is 3. The van der Waals surface area contributed by atoms with E-state index in [1.807, 2.05) is 0 Å². The van der Waals surface area contributed by atoms with Gasteiger partial charge in [-0.05, 0) is 18.2 Å². The molecule has 2 heterocycles. The quantitative estimate of drug-likeness (QED) is 0.371. The van der Waals surface area contributed by atoms with Gasteiger partial charge in [-0.3, -0.25) is 0 Å². The number of nitrogens with one attached hydrogen (secondary N) is 6. The van der Waals surface area contributed by atoms with Crippen molar-refractivity contribution in [1.29, 1.82) is 5.26 Å². The van der Waals surface area contributed by atoms with E-state index >= 15 is 0 Å². The summed E-state index contributed by atoms with van der Waals surface area (Å²) in [4.78, 5) is 16.1. The Kier molecular flexibility index (Phi) is 3.50. The maximum atomic E-state index is 10.9. The predicted octanol–water partition coefficient (Wildman–Crippen LogP) is 0.450. The van der Waals surface area contributed by atoms with Crippen LogP contribution in [0.4, 0.5) is 0 Å². The van der Waals surface area contributed by atoms with Crippen molar-refractivity contribution in [2.75, 3.05) is 0 Å². The maximum absolute atomic E-state index is 10.9. The molecule has 0 bridgehead atoms. The molecule has 7 N–H and O–H groups in total. The maximum Gasteiger partial charge on any atom is 0.356 e. The van der Waals surface area contributed by atoms with Crippen molar-refractivity contribution in [2.45, 2.75) is 0 Å². The Hall–Kier alpha value is -4.01. The molecule has 0 aliphatic rings. The summed E-state index contributed by atoms with van der Waals surface area (Å²) in [6, 6.07) is 7.10. The lowest BCUT2D eigenvalue weighted by Crippen LogP contribution is -2.07. The van der Waals surface area contributed by atoms with Crippen molar-refractivity contribution in [2.24, 2.45) is 0 Å². The lowest BCUT2D eigenvalue weighted by molar-refractivity contribution is 0.0691. The second-order valence-electron chi connectivity index (χ2n) is 4.34. The largest absolute Gasteiger partial charge is 0.476 e. The third-order valence-electron chi connectivity index (χ3n) is 2.96. The van der Waals surface area contributed by atoms with Crippen molar-refractivity contribution in [3.63, 3.8) is 0 Å². The van der Waals surface area contributed by atoms with Gasteiger partial charge in [0.1, 0.15) is 18.1 Å². The number of rotatable bonds is 3. The van der Waals surface area contributed by atoms with Gasteiger partial charge in [0.25, 0.3) is 0 Å². The molecule has 3 rings (SSSR count). The molecule has 0 radical (unpaired) electrons. The number of carboxylic acids is 1. The van der Waals surface area contributed by atoms with Crippen molar-refractivity contribution in [3.8, 4) is 17.4 Å². The van der Waals surface area contributed by atoms with E-state index in [0.717, 1.165) is 0 Å². The number of carbonyl (C=O) groups is 1. The van der Waals surface area contributed by atoms with Gasteiger partial charge in [0, 0.05) is 11.9 Å². The normalized spacial score (nSPS) is 10.0. The molecule has 12 nitrogen and oxygen atoms in total. The fourth-order valence-electron chi connectivity index (χ4n) is 1.92. The highest BCUT2D eigenvalue weighted by atomic mass is 16.4. The van der Waals surface area contributed by atoms with E-state index < -0.39 is 5.97 Å². The Morgan fingerprint density at radius 2 is 1.96 bits per heavy atom. The molecule has 0 aliphatic heterocycles. The fraction of sp³-hybridized carbons (Fsp3) is 0. The number of benzene rings is 1. The molecule has 23 heavy (non-hydrogen) atoms. The second kappa shape index (κ2) is 5.77. The highest BCUT2D eigenvalue weighted by molar-refractivity contribution is 5.85. The second-order valence-corrected chi connectivity index (χ2v) is 4.34. The van der Waals surface area contributed by atoms with E-state index in [1.165, 1.54) is 21.9 Å². The Morgan fingerprint density at radius 1 is 1.22 bits per heavy atom. The van der Waals surface area contributed by atoms with Crippen LogP contribution < -0.4 is 0 Å². The summed E-state index contributed by atoms with van der Waals surface area (Å²) in [5.41, 5.74) is 1.41. The number of hydrogen-bond donors (Lipinski definition) is 7. The third kappa shape index (κ3) is 2.74. The molecule has 0 aliphatic carbocycles. The number of aromatic carboxylic acids is 1. The number of carboxylic acid groups (broad SMARTS) is 1. The highest BCUT2D eigenvalue weighted by Crippen LogP contribution is 2.17. The predicted molar refractivity (Wildman–Crippen MR) is 75.9 cm³/mol. The standard InChI is InChI=1S/C11H12N10O2/c12-4-7-3-8(20-5-9(11(22)23)13-6-20)1-2-10(7)21-18-16-14-15-17-19-21/h1-3,5-6,14-19H,(H,22,23). The van der Waals surface area contributed by atoms with Crippen LogP contribution >= 0.6 is 0 Å². The zero-order chi connectivity index (χ0) is 16.2. The average molecular weight is 316 g/mol. The number of aromatic amines is 6. The van der Waals surface area contributed by atoms with Gasteiger partial charge >= 0.3 is 5.97 Å². The van der Waals surface area contributed by atoms with Crippen LogP contribution in [0.15, 0.2) is 30.7 Å². The first-order valence-corrected chi connectivity index (χ1v) is 6.32. The monoisotopic (exact) mass is 316 g/mol. The summed E-state index contributed by atoms with van der Waals surface area (Å²) in [6.07, 6.45) is 2.75. The van der Waals surface area contributed by atoms with Gasteiger partial charge in [-0.1, -0.05) is 0 Å². The zero-order valence-corrected chi connectivity index (χ0v) is 11.5. The van der Waals surface area contributed by atoms with Gasteiger partial charge in [0.2, 0.25) is 0 Å². The van der Waals surface area contributed by atoms with Crippen LogP contribution in [-0.2, 0) is 0 Å². The molecule has 1 aromatic carbocycles. The Balaban J connectivity index is 2.07. The molecule has 0 saturated heterocycles. The lowest BCUT2D eigenvalue weighted by atomic mass is 10.1. The van der Waals surface area contributed by atoms with E-state index in [0.29, 0.717) is 16.9 Å². The van der Waals surface area contributed by atoms with Crippen molar-refractivity contribution in [3.05, 3.63) is 42.0 Å². The average Bonchev–Trinajstić information content (AvgIpc) is 2.91. The molecule has 0 unspecified atom stereocenters. The molecule has 0 atom stereocenters. The SMILES string of the molecule is N#Cc1cc(-n2cnc(C(=O)O)c2)ccc1-n1[nH][nH][nH][nH][nH][nH]1. The van der Waals surface area contributed by atoms with Gasteiger partial charge in [-0.15, -0.1) is 0 Å². The van der Waals surface area contributed by atoms with Crippen molar-refractivity contribution >= 4 is 5.97 Å². The van der Waals surface area contributed by atoms with Crippen LogP contribution in [0.1, 0.15) is 16.1 Å². The first kappa shape index (κ1) is 13.9. The number of aromatic nitrogens is 9. The van der Waals surface area contributed by atoms with Crippen molar-refractivity contribution in [1.82, 2.24) is 45.6 Å². The van der Waals surface area contributed by atoms with Crippen LogP contribution in [0.2, 0.25) is 0 Å². The lowest BCUT2D eigenvalue weighted by Gasteiger charge is -2.08. The molecular weight excluding hydrogens is 304 g/mol. The number of H-pyrrole nitrogens is 6. The zero-order valence-electron chi connectivity index (χ0n) is 11.5. The summed E-state index contributed by atoms with van der Waals surface area (Å²) in [7, 11) is 0. The molecule has 3 aromatic rings. The van der Waals surface area contributed by atoms with Gasteiger partial charge in [-0.25, -0.2) is 41.1 Å². The summed E-state index contributed by atoms with van der Waals surface area (Å²) in [6.45, 7) is 0. The smallest absolute Gasteiger partial charge is 0.356 e. The Labute approximate surface area is 127 Å². The van der Waals surface area contributed by atoms with E-state index in [1.54, 1.807) is 18.2 Å². The molecular formula is C11H12N10O2. The van der Waals surface area contributed by atoms with Crippen molar-refractivity contribution < 1.29 is 9.90 Å². The summed E-state index contributed by atoms with van der Waals surface area (Å²) >= 11 is 0. The molecule has 0 spiro atoms. The summed E-state index contributed by atoms with van der Waals surface area (Å²) in [5.74, 6) is -1.11. The van der Waals surface area contributed by atoms with Crippen LogP contribution in [0, 0.1) is 11.3 Å². The van der Waals surface area contributed by atoms with Gasteiger partial charge in [-0.2, -0.15) is 10.1 Å². The van der Waals surface area contributed by atoms with E-state index in [2.05, 4.69) is 42.3 Å². The third-order valence-corrected chi connectivity index (χ3v) is 2.96. The molecule has 2 aromatic heterocycles. The van der Waals surface area contributed by atoms with E-state index in [-0.39, 0.29) is 5.69 Å². The minimum absolute atomic E-state index is 0.0750. The van der Waals surface area contributed by atoms with Crippen LogP contribution in [0.25, 0.3) is 11.4 Å². The van der Waals surface area contributed by atoms with E-state index in [4.69, 9.17) is 5.11 Å². The highest BCUT2D eigenvalue weighted by Gasteiger charge is 2.10. The van der Waals surface area contributed by atoms with Gasteiger partial charge in [0.15, 0.2) is 5.69 Å². The number of nitriles is 1. The van der Waals surface area contributed by atoms with Gasteiger partial charge in [0.05, 0.1) is 5.56 Å². The minimum Gasteiger partial charge on any atom is -0.476 e. The number of nitrogens with zero attached hydrogens (tertiary/aromatic N) is 4. The molecule has 0 fully saturated rings. The summed E-state index contributed by atoms with van der Waals surface area (Å²) < 4.78 is 1.52. The van der Waals surface area contributed by atoms with E-state index in [9.17, 15) is 10.1 Å². The fourth-order valence-corrected chi connectivity index (χ4v) is 1.92. The molecule has 0 amide bonds. The molecule has 0 saturated carbocycles.